The molecule has 7 nitrogen and oxygen atoms in total. The maximum absolute atomic E-state index is 8.63. The topological polar surface area (TPSA) is 92.4 Å². The van der Waals surface area contributed by atoms with Crippen LogP contribution in [-0.2, 0) is 12.8 Å². The van der Waals surface area contributed by atoms with Crippen molar-refractivity contribution < 1.29 is 9.47 Å². The molecule has 0 saturated carbocycles. The summed E-state index contributed by atoms with van der Waals surface area (Å²) in [6.07, 6.45) is 6.64. The maximum Gasteiger partial charge on any atom is 0.174 e. The summed E-state index contributed by atoms with van der Waals surface area (Å²) in [4.78, 5) is 11.2. The summed E-state index contributed by atoms with van der Waals surface area (Å²) >= 11 is 1.75. The van der Waals surface area contributed by atoms with Crippen molar-refractivity contribution in [3.63, 3.8) is 0 Å². The molecule has 0 amide bonds. The molecule has 0 radical (unpaired) electrons. The van der Waals surface area contributed by atoms with Crippen molar-refractivity contribution in [3.8, 4) is 17.6 Å². The second kappa shape index (κ2) is 7.60. The lowest BCUT2D eigenvalue weighted by atomic mass is 10.2. The number of methoxy groups -OCH3 is 1. The first-order valence-corrected chi connectivity index (χ1v) is 9.34. The Morgan fingerprint density at radius 2 is 2.26 bits per heavy atom. The monoisotopic (exact) mass is 379 g/mol. The van der Waals surface area contributed by atoms with E-state index >= 15 is 0 Å². The molecule has 2 aromatic heterocycles. The van der Waals surface area contributed by atoms with Gasteiger partial charge in [-0.05, 0) is 48.6 Å². The molecule has 1 aliphatic rings. The van der Waals surface area contributed by atoms with E-state index in [1.807, 2.05) is 12.1 Å². The number of hydrogen-bond donors (Lipinski definition) is 1. The van der Waals surface area contributed by atoms with Crippen LogP contribution in [0.25, 0.3) is 10.2 Å². The van der Waals surface area contributed by atoms with E-state index in [-0.39, 0.29) is 6.61 Å². The fourth-order valence-corrected chi connectivity index (χ4v) is 4.40. The molecule has 0 aliphatic heterocycles. The van der Waals surface area contributed by atoms with Crippen molar-refractivity contribution in [1.82, 2.24) is 9.97 Å². The van der Waals surface area contributed by atoms with Crippen molar-refractivity contribution in [2.75, 3.05) is 19.1 Å². The Labute approximate surface area is 160 Å². The van der Waals surface area contributed by atoms with Crippen LogP contribution in [0.5, 0.6) is 11.5 Å². The minimum atomic E-state index is -0.0278. The Hall–Kier alpha value is -3.18. The lowest BCUT2D eigenvalue weighted by molar-refractivity contribution is 0.329. The molecule has 1 aromatic carbocycles. The van der Waals surface area contributed by atoms with E-state index in [9.17, 15) is 0 Å². The molecule has 4 rings (SSSR count). The van der Waals surface area contributed by atoms with Crippen LogP contribution in [0.4, 0.5) is 5.82 Å². The normalized spacial score (nSPS) is 12.9. The second-order valence-corrected chi connectivity index (χ2v) is 7.07. The van der Waals surface area contributed by atoms with E-state index < -0.39 is 0 Å². The van der Waals surface area contributed by atoms with Gasteiger partial charge in [0.05, 0.1) is 18.7 Å². The van der Waals surface area contributed by atoms with E-state index in [2.05, 4.69) is 20.5 Å². The third-order valence-corrected chi connectivity index (χ3v) is 5.57. The third-order valence-electron chi connectivity index (χ3n) is 4.37. The summed E-state index contributed by atoms with van der Waals surface area (Å²) in [5.74, 6) is 1.81. The fourth-order valence-electron chi connectivity index (χ4n) is 3.18. The van der Waals surface area contributed by atoms with Gasteiger partial charge in [0, 0.05) is 4.88 Å². The molecule has 8 heteroatoms. The molecule has 0 saturated heterocycles. The molecule has 2 heterocycles. The Morgan fingerprint density at radius 3 is 3.11 bits per heavy atom. The number of hydrogen-bond acceptors (Lipinski definition) is 8. The summed E-state index contributed by atoms with van der Waals surface area (Å²) in [6.45, 7) is -0.0278. The van der Waals surface area contributed by atoms with Gasteiger partial charge >= 0.3 is 0 Å². The predicted octanol–water partition coefficient (Wildman–Crippen LogP) is 3.54. The van der Waals surface area contributed by atoms with Crippen molar-refractivity contribution in [2.45, 2.75) is 19.3 Å². The van der Waals surface area contributed by atoms with Crippen LogP contribution in [0.1, 0.15) is 22.4 Å². The van der Waals surface area contributed by atoms with Crippen LogP contribution in [0.15, 0.2) is 29.6 Å². The van der Waals surface area contributed by atoms with Gasteiger partial charge in [0.1, 0.15) is 17.2 Å². The Kier molecular flexibility index (Phi) is 4.85. The van der Waals surface area contributed by atoms with E-state index in [0.29, 0.717) is 11.5 Å². The first kappa shape index (κ1) is 17.2. The Balaban J connectivity index is 1.55. The molecule has 0 spiro atoms. The number of fused-ring (bicyclic) bond motifs is 3. The van der Waals surface area contributed by atoms with Crippen LogP contribution in [0.3, 0.4) is 0 Å². The first-order valence-electron chi connectivity index (χ1n) is 8.52. The van der Waals surface area contributed by atoms with Crippen LogP contribution >= 0.6 is 11.3 Å². The smallest absolute Gasteiger partial charge is 0.174 e. The number of aromatic nitrogens is 2. The number of hydrazone groups is 1. The van der Waals surface area contributed by atoms with Crippen LogP contribution in [-0.4, -0.2) is 29.9 Å². The average molecular weight is 379 g/mol. The molecular weight excluding hydrogens is 362 g/mol. The summed E-state index contributed by atoms with van der Waals surface area (Å²) in [6, 6.07) is 7.34. The number of anilines is 1. The first-order chi connectivity index (χ1) is 13.3. The molecule has 27 heavy (non-hydrogen) atoms. The quantitative estimate of drug-likeness (QED) is 0.520. The number of nitriles is 1. The molecule has 136 valence electrons. The highest BCUT2D eigenvalue weighted by Crippen LogP contribution is 2.39. The third kappa shape index (κ3) is 3.41. The van der Waals surface area contributed by atoms with Crippen molar-refractivity contribution in [1.29, 1.82) is 5.26 Å². The van der Waals surface area contributed by atoms with Gasteiger partial charge in [-0.3, -0.25) is 5.43 Å². The fraction of sp³-hybridized carbons (Fsp3) is 0.263. The van der Waals surface area contributed by atoms with Crippen LogP contribution < -0.4 is 14.9 Å². The van der Waals surface area contributed by atoms with E-state index in [1.165, 1.54) is 16.9 Å². The molecule has 0 fully saturated rings. The largest absolute Gasteiger partial charge is 0.493 e. The van der Waals surface area contributed by atoms with Crippen LogP contribution in [0.2, 0.25) is 0 Å². The van der Waals surface area contributed by atoms with Gasteiger partial charge in [-0.25, -0.2) is 9.97 Å². The highest BCUT2D eigenvalue weighted by atomic mass is 32.1. The number of nitrogens with one attached hydrogen (secondary N) is 1. The SMILES string of the molecule is COc1cc(/C=N\Nc2ncnc3sc4c(c23)CCC4)ccc1OCC#N. The molecule has 0 atom stereocenters. The molecular formula is C19H17N5O2S. The van der Waals surface area contributed by atoms with Gasteiger partial charge in [0.15, 0.2) is 23.9 Å². The zero-order valence-corrected chi connectivity index (χ0v) is 15.5. The minimum absolute atomic E-state index is 0.0278. The number of nitrogens with zero attached hydrogens (tertiary/aromatic N) is 4. The summed E-state index contributed by atoms with van der Waals surface area (Å²) in [5, 5.41) is 14.0. The summed E-state index contributed by atoms with van der Waals surface area (Å²) in [7, 11) is 1.56. The summed E-state index contributed by atoms with van der Waals surface area (Å²) in [5.41, 5.74) is 5.24. The number of thiophene rings is 1. The molecule has 0 unspecified atom stereocenters. The zero-order valence-electron chi connectivity index (χ0n) is 14.7. The number of aryl methyl sites for hydroxylation is 2. The van der Waals surface area contributed by atoms with Gasteiger partial charge in [0.25, 0.3) is 0 Å². The Bertz CT molecular complexity index is 1050. The van der Waals surface area contributed by atoms with E-state index in [1.54, 1.807) is 43.1 Å². The maximum atomic E-state index is 8.63. The molecule has 3 aromatic rings. The van der Waals surface area contributed by atoms with Crippen molar-refractivity contribution in [3.05, 3.63) is 40.5 Å². The van der Waals surface area contributed by atoms with Gasteiger partial charge in [-0.15, -0.1) is 11.3 Å². The number of benzene rings is 1. The minimum Gasteiger partial charge on any atom is -0.493 e. The molecule has 0 bridgehead atoms. The second-order valence-electron chi connectivity index (χ2n) is 5.99. The van der Waals surface area contributed by atoms with Crippen molar-refractivity contribution in [2.24, 2.45) is 5.10 Å². The van der Waals surface area contributed by atoms with Gasteiger partial charge < -0.3 is 9.47 Å². The molecule has 1 aliphatic carbocycles. The average Bonchev–Trinajstić information content (AvgIpc) is 3.28. The van der Waals surface area contributed by atoms with Crippen molar-refractivity contribution >= 4 is 33.6 Å². The lowest BCUT2D eigenvalue weighted by Gasteiger charge is -2.08. The van der Waals surface area contributed by atoms with Gasteiger partial charge in [-0.1, -0.05) is 0 Å². The number of ether oxygens (including phenoxy) is 2. The lowest BCUT2D eigenvalue weighted by Crippen LogP contribution is -1.98. The summed E-state index contributed by atoms with van der Waals surface area (Å²) < 4.78 is 10.6. The van der Waals surface area contributed by atoms with E-state index in [4.69, 9.17) is 14.7 Å². The number of rotatable bonds is 6. The Morgan fingerprint density at radius 1 is 1.33 bits per heavy atom. The van der Waals surface area contributed by atoms with Gasteiger partial charge in [-0.2, -0.15) is 10.4 Å². The molecule has 1 N–H and O–H groups in total. The standard InChI is InChI=1S/C19H17N5O2S/c1-25-15-9-12(5-6-14(15)26-8-7-20)10-23-24-18-17-13-3-2-4-16(13)27-19(17)22-11-21-18/h5-6,9-11H,2-4,8H2,1H3,(H,21,22,24)/b23-10-. The highest BCUT2D eigenvalue weighted by molar-refractivity contribution is 7.19. The predicted molar refractivity (Wildman–Crippen MR) is 105 cm³/mol. The van der Waals surface area contributed by atoms with E-state index in [0.717, 1.165) is 34.4 Å². The highest BCUT2D eigenvalue weighted by Gasteiger charge is 2.20. The van der Waals surface area contributed by atoms with Crippen LogP contribution in [0, 0.1) is 11.3 Å². The van der Waals surface area contributed by atoms with Gasteiger partial charge in [0.2, 0.25) is 0 Å². The zero-order chi connectivity index (χ0) is 18.6.